The van der Waals surface area contributed by atoms with Crippen LogP contribution in [-0.4, -0.2) is 39.0 Å². The number of carbonyl (C=O) groups is 1. The minimum absolute atomic E-state index is 0.202. The number of nitrogens with one attached hydrogen (secondary N) is 1. The first-order valence-corrected chi connectivity index (χ1v) is 7.69. The van der Waals surface area contributed by atoms with Gasteiger partial charge in [0, 0.05) is 7.05 Å². The van der Waals surface area contributed by atoms with Crippen LogP contribution in [0.15, 0.2) is 18.2 Å². The molecule has 2 aromatic rings. The Kier molecular flexibility index (Phi) is 5.10. The number of hydrogen-bond donors (Lipinski definition) is 2. The molecule has 0 fully saturated rings. The van der Waals surface area contributed by atoms with Crippen LogP contribution in [0.5, 0.6) is 0 Å². The summed E-state index contributed by atoms with van der Waals surface area (Å²) in [5.41, 5.74) is 1.90. The van der Waals surface area contributed by atoms with E-state index in [4.69, 9.17) is 10.00 Å². The van der Waals surface area contributed by atoms with Crippen LogP contribution in [0.2, 0.25) is 0 Å². The topological polar surface area (TPSA) is 100 Å². The number of hydrogen-bond acceptors (Lipinski definition) is 5. The number of amides is 1. The molecule has 1 atom stereocenters. The van der Waals surface area contributed by atoms with E-state index >= 15 is 0 Å². The van der Waals surface area contributed by atoms with Crippen molar-refractivity contribution in [1.82, 2.24) is 14.9 Å². The molecular formula is C17H22N4O3. The number of aryl methyl sites for hydroxylation is 1. The van der Waals surface area contributed by atoms with Gasteiger partial charge in [0.25, 0.3) is 0 Å². The van der Waals surface area contributed by atoms with E-state index in [1.54, 1.807) is 32.4 Å². The lowest BCUT2D eigenvalue weighted by Crippen LogP contribution is -2.42. The van der Waals surface area contributed by atoms with Crippen molar-refractivity contribution < 1.29 is 14.6 Å². The van der Waals surface area contributed by atoms with Gasteiger partial charge in [0.2, 0.25) is 5.82 Å². The molecule has 1 heterocycles. The quantitative estimate of drug-likeness (QED) is 0.891. The van der Waals surface area contributed by atoms with Crippen LogP contribution in [0, 0.1) is 11.3 Å². The molecule has 0 saturated heterocycles. The Morgan fingerprint density at radius 1 is 1.50 bits per heavy atom. The number of aromatic nitrogens is 2. The third-order valence-electron chi connectivity index (χ3n) is 3.47. The first kappa shape index (κ1) is 17.8. The molecule has 0 aliphatic rings. The Bertz CT molecular complexity index is 783. The predicted molar refractivity (Wildman–Crippen MR) is 89.4 cm³/mol. The maximum atomic E-state index is 11.8. The van der Waals surface area contributed by atoms with Crippen LogP contribution in [0.3, 0.4) is 0 Å². The minimum Gasteiger partial charge on any atom is -0.444 e. The second kappa shape index (κ2) is 6.89. The molecule has 0 radical (unpaired) electrons. The lowest BCUT2D eigenvalue weighted by atomic mass is 10.1. The summed E-state index contributed by atoms with van der Waals surface area (Å²) >= 11 is 0. The molecule has 7 nitrogen and oxygen atoms in total. The Morgan fingerprint density at radius 2 is 2.21 bits per heavy atom. The molecule has 0 spiro atoms. The number of imidazole rings is 1. The van der Waals surface area contributed by atoms with Crippen molar-refractivity contribution in [3.05, 3.63) is 29.6 Å². The number of ether oxygens (including phenoxy) is 1. The number of fused-ring (bicyclic) bond motifs is 1. The zero-order valence-corrected chi connectivity index (χ0v) is 14.3. The molecule has 0 aliphatic heterocycles. The van der Waals surface area contributed by atoms with E-state index in [9.17, 15) is 9.90 Å². The molecule has 2 rings (SSSR count). The second-order valence-corrected chi connectivity index (χ2v) is 6.66. The van der Waals surface area contributed by atoms with Crippen LogP contribution in [0.1, 0.15) is 32.2 Å². The van der Waals surface area contributed by atoms with E-state index in [-0.39, 0.29) is 6.61 Å². The Hall–Kier alpha value is -2.59. The number of rotatable bonds is 4. The van der Waals surface area contributed by atoms with Crippen molar-refractivity contribution in [1.29, 1.82) is 5.26 Å². The van der Waals surface area contributed by atoms with E-state index < -0.39 is 17.7 Å². The zero-order chi connectivity index (χ0) is 17.9. The number of alkyl carbamates (subject to hydrolysis) is 1. The monoisotopic (exact) mass is 330 g/mol. The molecule has 2 N–H and O–H groups in total. The Labute approximate surface area is 140 Å². The first-order chi connectivity index (χ1) is 11.2. The third-order valence-corrected chi connectivity index (χ3v) is 3.47. The molecule has 0 aliphatic carbocycles. The maximum absolute atomic E-state index is 11.8. The Morgan fingerprint density at radius 3 is 2.79 bits per heavy atom. The highest BCUT2D eigenvalue weighted by Gasteiger charge is 2.19. The van der Waals surface area contributed by atoms with Gasteiger partial charge in [0.1, 0.15) is 11.7 Å². The fraction of sp³-hybridized carbons (Fsp3) is 0.471. The zero-order valence-electron chi connectivity index (χ0n) is 14.3. The molecule has 0 bridgehead atoms. The predicted octanol–water partition coefficient (Wildman–Crippen LogP) is 1.87. The molecule has 0 saturated carbocycles. The summed E-state index contributed by atoms with van der Waals surface area (Å²) < 4.78 is 6.92. The van der Waals surface area contributed by atoms with Gasteiger partial charge in [-0.1, -0.05) is 6.07 Å². The van der Waals surface area contributed by atoms with Gasteiger partial charge in [-0.3, -0.25) is 0 Å². The minimum atomic E-state index is -0.592. The van der Waals surface area contributed by atoms with Crippen LogP contribution >= 0.6 is 0 Å². The summed E-state index contributed by atoms with van der Waals surface area (Å²) in [6, 6.07) is 7.19. The van der Waals surface area contributed by atoms with Gasteiger partial charge in [0.05, 0.1) is 23.7 Å². The number of benzene rings is 1. The van der Waals surface area contributed by atoms with E-state index in [0.29, 0.717) is 12.2 Å². The average Bonchev–Trinajstić information content (AvgIpc) is 2.81. The van der Waals surface area contributed by atoms with Gasteiger partial charge in [-0.25, -0.2) is 9.78 Å². The van der Waals surface area contributed by atoms with Gasteiger partial charge >= 0.3 is 6.09 Å². The van der Waals surface area contributed by atoms with E-state index in [0.717, 1.165) is 16.6 Å². The Balaban J connectivity index is 2.13. The molecule has 1 unspecified atom stereocenters. The summed E-state index contributed by atoms with van der Waals surface area (Å²) in [4.78, 5) is 16.1. The molecule has 1 aromatic carbocycles. The smallest absolute Gasteiger partial charge is 0.407 e. The third kappa shape index (κ3) is 4.24. The van der Waals surface area contributed by atoms with Gasteiger partial charge < -0.3 is 19.7 Å². The van der Waals surface area contributed by atoms with Crippen molar-refractivity contribution in [2.75, 3.05) is 6.61 Å². The highest BCUT2D eigenvalue weighted by Crippen LogP contribution is 2.17. The molecule has 7 heteroatoms. The summed E-state index contributed by atoms with van der Waals surface area (Å²) in [5, 5.41) is 21.2. The van der Waals surface area contributed by atoms with Crippen LogP contribution in [-0.2, 0) is 18.2 Å². The molecule has 1 aromatic heterocycles. The molecule has 24 heavy (non-hydrogen) atoms. The number of nitriles is 1. The van der Waals surface area contributed by atoms with Gasteiger partial charge in [0.15, 0.2) is 0 Å². The lowest BCUT2D eigenvalue weighted by molar-refractivity contribution is 0.0483. The number of nitrogens with zero attached hydrogens (tertiary/aromatic N) is 3. The van der Waals surface area contributed by atoms with E-state index in [2.05, 4.69) is 10.3 Å². The number of aliphatic hydroxyl groups excluding tert-OH is 1. The summed E-state index contributed by atoms with van der Waals surface area (Å²) in [6.45, 7) is 5.14. The molecule has 128 valence electrons. The van der Waals surface area contributed by atoms with Crippen LogP contribution < -0.4 is 5.32 Å². The summed E-state index contributed by atoms with van der Waals surface area (Å²) in [6.07, 6.45) is -0.117. The molecule has 1 amide bonds. The summed E-state index contributed by atoms with van der Waals surface area (Å²) in [5.74, 6) is 0.340. The van der Waals surface area contributed by atoms with Crippen molar-refractivity contribution in [3.8, 4) is 6.07 Å². The van der Waals surface area contributed by atoms with E-state index in [1.165, 1.54) is 0 Å². The van der Waals surface area contributed by atoms with Gasteiger partial charge in [-0.05, 0) is 44.9 Å². The number of carbonyl (C=O) groups excluding carboxylic acids is 1. The largest absolute Gasteiger partial charge is 0.444 e. The summed E-state index contributed by atoms with van der Waals surface area (Å²) in [7, 11) is 1.78. The average molecular weight is 330 g/mol. The van der Waals surface area contributed by atoms with Gasteiger partial charge in [-0.15, -0.1) is 0 Å². The maximum Gasteiger partial charge on any atom is 0.407 e. The fourth-order valence-electron chi connectivity index (χ4n) is 2.38. The highest BCUT2D eigenvalue weighted by atomic mass is 16.6. The molecular weight excluding hydrogens is 308 g/mol. The highest BCUT2D eigenvalue weighted by molar-refractivity contribution is 5.77. The van der Waals surface area contributed by atoms with Crippen LogP contribution in [0.25, 0.3) is 11.0 Å². The van der Waals surface area contributed by atoms with E-state index in [1.807, 2.05) is 24.3 Å². The lowest BCUT2D eigenvalue weighted by Gasteiger charge is -2.22. The second-order valence-electron chi connectivity index (χ2n) is 6.66. The normalized spacial score (nSPS) is 12.7. The SMILES string of the molecule is Cn1c(C#N)nc2ccc(CC(CO)NC(=O)OC(C)(C)C)cc21. The first-order valence-electron chi connectivity index (χ1n) is 7.69. The van der Waals surface area contributed by atoms with Crippen LogP contribution in [0.4, 0.5) is 4.79 Å². The standard InChI is InChI=1S/C17H22N4O3/c1-17(2,3)24-16(23)19-12(10-22)7-11-5-6-13-14(8-11)21(4)15(9-18)20-13/h5-6,8,12,22H,7,10H2,1-4H3,(H,19,23). The van der Waals surface area contributed by atoms with Crippen molar-refractivity contribution in [3.63, 3.8) is 0 Å². The fourth-order valence-corrected chi connectivity index (χ4v) is 2.38. The van der Waals surface area contributed by atoms with Crippen molar-refractivity contribution >= 4 is 17.1 Å². The number of aliphatic hydroxyl groups is 1. The van der Waals surface area contributed by atoms with Crippen molar-refractivity contribution in [2.45, 2.75) is 38.8 Å². The van der Waals surface area contributed by atoms with Crippen molar-refractivity contribution in [2.24, 2.45) is 7.05 Å². The van der Waals surface area contributed by atoms with Gasteiger partial charge in [-0.2, -0.15) is 5.26 Å².